The number of hydrogen-bond acceptors (Lipinski definition) is 4. The van der Waals surface area contributed by atoms with Crippen LogP contribution >= 0.6 is 0 Å². The van der Waals surface area contributed by atoms with Crippen LogP contribution in [0.1, 0.15) is 31.9 Å². The first-order valence-corrected chi connectivity index (χ1v) is 7.30. The van der Waals surface area contributed by atoms with Gasteiger partial charge in [0.05, 0.1) is 12.7 Å². The number of nitrogens with zero attached hydrogens (tertiary/aromatic N) is 1. The molecular formula is C18H20N2O3. The molecule has 0 spiro atoms. The molecule has 0 radical (unpaired) electrons. The second-order valence-electron chi connectivity index (χ2n) is 6.11. The van der Waals surface area contributed by atoms with Gasteiger partial charge in [-0.1, -0.05) is 11.8 Å². The summed E-state index contributed by atoms with van der Waals surface area (Å²) in [6, 6.07) is 5.90. The molecule has 1 aromatic carbocycles. The number of aryl methyl sites for hydroxylation is 1. The Morgan fingerprint density at radius 1 is 1.35 bits per heavy atom. The van der Waals surface area contributed by atoms with Crippen LogP contribution in [0.3, 0.4) is 0 Å². The smallest absolute Gasteiger partial charge is 0.408 e. The molecule has 0 saturated carbocycles. The molecule has 1 heterocycles. The van der Waals surface area contributed by atoms with E-state index in [1.54, 1.807) is 6.20 Å². The number of aromatic nitrogens is 1. The van der Waals surface area contributed by atoms with Gasteiger partial charge in [0, 0.05) is 11.1 Å². The number of oxazole rings is 1. The predicted molar refractivity (Wildman–Crippen MR) is 87.8 cm³/mol. The number of hydrogen-bond donors (Lipinski definition) is 1. The Morgan fingerprint density at radius 3 is 2.78 bits per heavy atom. The molecular weight excluding hydrogens is 292 g/mol. The highest BCUT2D eigenvalue weighted by Gasteiger charge is 2.15. The summed E-state index contributed by atoms with van der Waals surface area (Å²) >= 11 is 0. The third-order valence-corrected chi connectivity index (χ3v) is 2.75. The maximum atomic E-state index is 11.5. The summed E-state index contributed by atoms with van der Waals surface area (Å²) in [7, 11) is 0. The molecule has 2 aromatic rings. The van der Waals surface area contributed by atoms with Gasteiger partial charge in [-0.05, 0) is 51.5 Å². The fourth-order valence-electron chi connectivity index (χ4n) is 1.93. The van der Waals surface area contributed by atoms with Crippen LogP contribution in [-0.4, -0.2) is 23.2 Å². The minimum Gasteiger partial charge on any atom is -0.444 e. The van der Waals surface area contributed by atoms with Crippen molar-refractivity contribution in [2.24, 2.45) is 0 Å². The summed E-state index contributed by atoms with van der Waals surface area (Å²) in [5.41, 5.74) is 2.33. The lowest BCUT2D eigenvalue weighted by molar-refractivity contribution is 0.0535. The summed E-state index contributed by atoms with van der Waals surface area (Å²) < 4.78 is 10.4. The SMILES string of the molecule is Cc1cc(C#CCNC(=O)OC(C)(C)C)cc(-c2cnco2)c1. The van der Waals surface area contributed by atoms with Gasteiger partial charge in [0.25, 0.3) is 0 Å². The zero-order valence-electron chi connectivity index (χ0n) is 13.8. The average molecular weight is 312 g/mol. The molecule has 1 aromatic heterocycles. The minimum atomic E-state index is -0.514. The molecule has 1 amide bonds. The van der Waals surface area contributed by atoms with Gasteiger partial charge in [-0.2, -0.15) is 0 Å². The number of carbonyl (C=O) groups excluding carboxylic acids is 1. The van der Waals surface area contributed by atoms with Crippen LogP contribution in [0, 0.1) is 18.8 Å². The summed E-state index contributed by atoms with van der Waals surface area (Å²) in [6.07, 6.45) is 2.59. The van der Waals surface area contributed by atoms with E-state index < -0.39 is 11.7 Å². The van der Waals surface area contributed by atoms with Gasteiger partial charge in [0.2, 0.25) is 0 Å². The number of nitrogens with one attached hydrogen (secondary N) is 1. The Kier molecular flexibility index (Phi) is 5.07. The third kappa shape index (κ3) is 5.51. The average Bonchev–Trinajstić information content (AvgIpc) is 2.95. The quantitative estimate of drug-likeness (QED) is 0.862. The molecule has 0 bridgehead atoms. The topological polar surface area (TPSA) is 64.4 Å². The molecule has 0 aliphatic rings. The van der Waals surface area contributed by atoms with E-state index in [0.29, 0.717) is 5.76 Å². The normalized spacial score (nSPS) is 10.6. The summed E-state index contributed by atoms with van der Waals surface area (Å²) in [6.45, 7) is 7.66. The van der Waals surface area contributed by atoms with Crippen LogP contribution in [0.5, 0.6) is 0 Å². The van der Waals surface area contributed by atoms with Gasteiger partial charge in [-0.3, -0.25) is 0 Å². The number of rotatable bonds is 2. The van der Waals surface area contributed by atoms with E-state index >= 15 is 0 Å². The van der Waals surface area contributed by atoms with Crippen molar-refractivity contribution in [3.05, 3.63) is 41.9 Å². The standard InChI is InChI=1S/C18H20N2O3/c1-13-8-14(10-15(9-13)16-11-19-12-22-16)6-5-7-20-17(21)23-18(2,3)4/h8-12H,7H2,1-4H3,(H,20,21). The van der Waals surface area contributed by atoms with Gasteiger partial charge in [0.1, 0.15) is 5.60 Å². The van der Waals surface area contributed by atoms with Gasteiger partial charge in [-0.15, -0.1) is 0 Å². The molecule has 2 rings (SSSR count). The Balaban J connectivity index is 2.00. The van der Waals surface area contributed by atoms with Crippen molar-refractivity contribution in [3.63, 3.8) is 0 Å². The summed E-state index contributed by atoms with van der Waals surface area (Å²) in [5, 5.41) is 2.60. The molecule has 0 fully saturated rings. The first kappa shape index (κ1) is 16.6. The zero-order valence-corrected chi connectivity index (χ0v) is 13.8. The number of carbonyl (C=O) groups is 1. The van der Waals surface area contributed by atoms with E-state index in [-0.39, 0.29) is 6.54 Å². The maximum Gasteiger partial charge on any atom is 0.408 e. The molecule has 5 heteroatoms. The number of benzene rings is 1. The molecule has 1 N–H and O–H groups in total. The van der Waals surface area contributed by atoms with Crippen LogP contribution < -0.4 is 5.32 Å². The van der Waals surface area contributed by atoms with Crippen LogP contribution in [0.25, 0.3) is 11.3 Å². The molecule has 0 aliphatic heterocycles. The maximum absolute atomic E-state index is 11.5. The first-order valence-electron chi connectivity index (χ1n) is 7.30. The van der Waals surface area contributed by atoms with E-state index in [1.807, 2.05) is 45.9 Å². The van der Waals surface area contributed by atoms with E-state index in [4.69, 9.17) is 9.15 Å². The van der Waals surface area contributed by atoms with Crippen LogP contribution in [0.2, 0.25) is 0 Å². The third-order valence-electron chi connectivity index (χ3n) is 2.75. The Hall–Kier alpha value is -2.74. The lowest BCUT2D eigenvalue weighted by Crippen LogP contribution is -2.32. The summed E-state index contributed by atoms with van der Waals surface area (Å²) in [5.74, 6) is 6.63. The van der Waals surface area contributed by atoms with Crippen molar-refractivity contribution < 1.29 is 13.9 Å². The minimum absolute atomic E-state index is 0.223. The highest BCUT2D eigenvalue weighted by molar-refractivity contribution is 5.68. The predicted octanol–water partition coefficient (Wildman–Crippen LogP) is 3.53. The lowest BCUT2D eigenvalue weighted by Gasteiger charge is -2.19. The van der Waals surface area contributed by atoms with E-state index in [1.165, 1.54) is 6.39 Å². The highest BCUT2D eigenvalue weighted by atomic mass is 16.6. The van der Waals surface area contributed by atoms with Gasteiger partial charge >= 0.3 is 6.09 Å². The van der Waals surface area contributed by atoms with E-state index in [0.717, 1.165) is 16.7 Å². The Labute approximate surface area is 136 Å². The molecule has 0 saturated heterocycles. The van der Waals surface area contributed by atoms with Crippen molar-refractivity contribution in [2.75, 3.05) is 6.54 Å². The zero-order chi connectivity index (χ0) is 16.9. The summed E-state index contributed by atoms with van der Waals surface area (Å²) in [4.78, 5) is 15.4. The molecule has 120 valence electrons. The Morgan fingerprint density at radius 2 is 2.13 bits per heavy atom. The van der Waals surface area contributed by atoms with Crippen molar-refractivity contribution in [3.8, 4) is 23.2 Å². The molecule has 0 aliphatic carbocycles. The number of amides is 1. The largest absolute Gasteiger partial charge is 0.444 e. The van der Waals surface area contributed by atoms with Crippen LogP contribution in [0.15, 0.2) is 35.2 Å². The molecule has 23 heavy (non-hydrogen) atoms. The highest BCUT2D eigenvalue weighted by Crippen LogP contribution is 2.21. The van der Waals surface area contributed by atoms with Gasteiger partial charge in [-0.25, -0.2) is 9.78 Å². The molecule has 0 unspecified atom stereocenters. The van der Waals surface area contributed by atoms with Crippen molar-refractivity contribution >= 4 is 6.09 Å². The first-order chi connectivity index (χ1) is 10.8. The van der Waals surface area contributed by atoms with Crippen molar-refractivity contribution in [2.45, 2.75) is 33.3 Å². The Bertz CT molecular complexity index is 732. The fraction of sp³-hybridized carbons (Fsp3) is 0.333. The molecule has 5 nitrogen and oxygen atoms in total. The second-order valence-corrected chi connectivity index (χ2v) is 6.11. The van der Waals surface area contributed by atoms with E-state index in [2.05, 4.69) is 22.1 Å². The molecule has 0 atom stereocenters. The van der Waals surface area contributed by atoms with Crippen LogP contribution in [0.4, 0.5) is 4.79 Å². The van der Waals surface area contributed by atoms with Crippen LogP contribution in [-0.2, 0) is 4.74 Å². The fourth-order valence-corrected chi connectivity index (χ4v) is 1.93. The lowest BCUT2D eigenvalue weighted by atomic mass is 10.1. The van der Waals surface area contributed by atoms with Crippen molar-refractivity contribution in [1.82, 2.24) is 10.3 Å². The monoisotopic (exact) mass is 312 g/mol. The second kappa shape index (κ2) is 7.01. The van der Waals surface area contributed by atoms with Gasteiger partial charge < -0.3 is 14.5 Å². The van der Waals surface area contributed by atoms with Gasteiger partial charge in [0.15, 0.2) is 12.2 Å². The van der Waals surface area contributed by atoms with E-state index in [9.17, 15) is 4.79 Å². The number of ether oxygens (including phenoxy) is 1. The van der Waals surface area contributed by atoms with Crippen molar-refractivity contribution in [1.29, 1.82) is 0 Å². The number of alkyl carbamates (subject to hydrolysis) is 1.